The van der Waals surface area contributed by atoms with Crippen LogP contribution in [-0.4, -0.2) is 40.7 Å². The van der Waals surface area contributed by atoms with Gasteiger partial charge in [0.15, 0.2) is 0 Å². The molecule has 14 heavy (non-hydrogen) atoms. The number of thiocarbonyl (C=S) groups is 1. The van der Waals surface area contributed by atoms with Gasteiger partial charge in [-0.1, -0.05) is 12.2 Å². The molecule has 4 heteroatoms. The standard InChI is InChI=1S/C10H22N2OS/c1-9(2)12(6-3-4-8-13)7-5-10(11)14/h9,13H,3-8H2,1-2H3,(H2,11,14). The molecule has 0 fully saturated rings. The SMILES string of the molecule is CC(C)N(CCCCO)CCC(N)=S. The number of hydrogen-bond acceptors (Lipinski definition) is 3. The summed E-state index contributed by atoms with van der Waals surface area (Å²) in [4.78, 5) is 2.92. The lowest BCUT2D eigenvalue weighted by Crippen LogP contribution is -2.34. The predicted molar refractivity (Wildman–Crippen MR) is 64.4 cm³/mol. The van der Waals surface area contributed by atoms with E-state index in [-0.39, 0.29) is 6.61 Å². The Morgan fingerprint density at radius 3 is 2.43 bits per heavy atom. The van der Waals surface area contributed by atoms with E-state index >= 15 is 0 Å². The molecule has 0 heterocycles. The van der Waals surface area contributed by atoms with E-state index in [1.54, 1.807) is 0 Å². The Bertz CT molecular complexity index is 162. The molecule has 84 valence electrons. The predicted octanol–water partition coefficient (Wildman–Crippen LogP) is 1.15. The van der Waals surface area contributed by atoms with Gasteiger partial charge in [-0.2, -0.15) is 0 Å². The lowest BCUT2D eigenvalue weighted by Gasteiger charge is -2.26. The third-order valence-corrected chi connectivity index (χ3v) is 2.43. The summed E-state index contributed by atoms with van der Waals surface area (Å²) >= 11 is 4.85. The normalized spacial score (nSPS) is 11.2. The van der Waals surface area contributed by atoms with Gasteiger partial charge in [-0.05, 0) is 33.2 Å². The molecule has 0 bridgehead atoms. The minimum atomic E-state index is 0.279. The number of rotatable bonds is 8. The molecule has 0 saturated carbocycles. The largest absolute Gasteiger partial charge is 0.396 e. The summed E-state index contributed by atoms with van der Waals surface area (Å²) in [6.07, 6.45) is 2.69. The zero-order chi connectivity index (χ0) is 11.0. The van der Waals surface area contributed by atoms with Gasteiger partial charge in [-0.15, -0.1) is 0 Å². The van der Waals surface area contributed by atoms with Gasteiger partial charge in [0.05, 0.1) is 4.99 Å². The molecule has 0 amide bonds. The number of unbranched alkanes of at least 4 members (excludes halogenated alkanes) is 1. The van der Waals surface area contributed by atoms with Crippen LogP contribution >= 0.6 is 12.2 Å². The number of aliphatic hydroxyl groups excluding tert-OH is 1. The van der Waals surface area contributed by atoms with Gasteiger partial charge in [0.2, 0.25) is 0 Å². The van der Waals surface area contributed by atoms with Crippen molar-refractivity contribution >= 4 is 17.2 Å². The van der Waals surface area contributed by atoms with Crippen molar-refractivity contribution in [3.63, 3.8) is 0 Å². The van der Waals surface area contributed by atoms with Crippen LogP contribution in [0.5, 0.6) is 0 Å². The second-order valence-electron chi connectivity index (χ2n) is 3.78. The second-order valence-corrected chi connectivity index (χ2v) is 4.30. The first-order valence-electron chi connectivity index (χ1n) is 5.21. The van der Waals surface area contributed by atoms with E-state index in [4.69, 9.17) is 23.1 Å². The summed E-state index contributed by atoms with van der Waals surface area (Å²) < 4.78 is 0. The molecule has 0 aliphatic rings. The van der Waals surface area contributed by atoms with Gasteiger partial charge in [0, 0.05) is 25.6 Å². The van der Waals surface area contributed by atoms with Gasteiger partial charge in [-0.25, -0.2) is 0 Å². The van der Waals surface area contributed by atoms with Gasteiger partial charge in [-0.3, -0.25) is 0 Å². The van der Waals surface area contributed by atoms with Crippen molar-refractivity contribution in [3.8, 4) is 0 Å². The minimum absolute atomic E-state index is 0.279. The first-order valence-corrected chi connectivity index (χ1v) is 5.62. The first kappa shape index (κ1) is 13.8. The fourth-order valence-corrected chi connectivity index (χ4v) is 1.40. The molecule has 0 atom stereocenters. The molecule has 0 aromatic rings. The van der Waals surface area contributed by atoms with Crippen LogP contribution in [0.15, 0.2) is 0 Å². The Kier molecular flexibility index (Phi) is 8.04. The molecular weight excluding hydrogens is 196 g/mol. The highest BCUT2D eigenvalue weighted by Gasteiger charge is 2.08. The minimum Gasteiger partial charge on any atom is -0.396 e. The van der Waals surface area contributed by atoms with Crippen LogP contribution < -0.4 is 5.73 Å². The Labute approximate surface area is 92.3 Å². The highest BCUT2D eigenvalue weighted by atomic mass is 32.1. The van der Waals surface area contributed by atoms with E-state index in [9.17, 15) is 0 Å². The maximum atomic E-state index is 8.68. The molecule has 0 radical (unpaired) electrons. The average molecular weight is 218 g/mol. The van der Waals surface area contributed by atoms with Crippen LogP contribution in [0, 0.1) is 0 Å². The van der Waals surface area contributed by atoms with E-state index < -0.39 is 0 Å². The van der Waals surface area contributed by atoms with Gasteiger partial charge < -0.3 is 15.7 Å². The Morgan fingerprint density at radius 1 is 1.36 bits per heavy atom. The molecule has 0 unspecified atom stereocenters. The van der Waals surface area contributed by atoms with Crippen molar-refractivity contribution in [1.29, 1.82) is 0 Å². The molecule has 0 rings (SSSR count). The van der Waals surface area contributed by atoms with E-state index in [1.165, 1.54) is 0 Å². The van der Waals surface area contributed by atoms with Crippen LogP contribution in [-0.2, 0) is 0 Å². The van der Waals surface area contributed by atoms with Crippen LogP contribution in [0.1, 0.15) is 33.1 Å². The summed E-state index contributed by atoms with van der Waals surface area (Å²) in [5.74, 6) is 0. The van der Waals surface area contributed by atoms with E-state index in [0.29, 0.717) is 11.0 Å². The van der Waals surface area contributed by atoms with Crippen molar-refractivity contribution < 1.29 is 5.11 Å². The van der Waals surface area contributed by atoms with Gasteiger partial charge in [0.25, 0.3) is 0 Å². The third kappa shape index (κ3) is 7.24. The Balaban J connectivity index is 3.72. The van der Waals surface area contributed by atoms with Crippen molar-refractivity contribution in [3.05, 3.63) is 0 Å². The van der Waals surface area contributed by atoms with Crippen molar-refractivity contribution in [2.75, 3.05) is 19.7 Å². The van der Waals surface area contributed by atoms with E-state index in [0.717, 1.165) is 32.4 Å². The molecule has 3 N–H and O–H groups in total. The molecule has 0 aromatic heterocycles. The lowest BCUT2D eigenvalue weighted by atomic mass is 10.2. The monoisotopic (exact) mass is 218 g/mol. The fraction of sp³-hybridized carbons (Fsp3) is 0.900. The lowest BCUT2D eigenvalue weighted by molar-refractivity contribution is 0.210. The first-order chi connectivity index (χ1) is 6.57. The molecule has 0 saturated heterocycles. The van der Waals surface area contributed by atoms with Crippen molar-refractivity contribution in [1.82, 2.24) is 4.90 Å². The van der Waals surface area contributed by atoms with Crippen LogP contribution in [0.2, 0.25) is 0 Å². The van der Waals surface area contributed by atoms with Crippen LogP contribution in [0.4, 0.5) is 0 Å². The molecule has 0 aliphatic heterocycles. The quantitative estimate of drug-likeness (QED) is 0.474. The van der Waals surface area contributed by atoms with Gasteiger partial charge in [0.1, 0.15) is 0 Å². The van der Waals surface area contributed by atoms with Crippen LogP contribution in [0.25, 0.3) is 0 Å². The highest BCUT2D eigenvalue weighted by molar-refractivity contribution is 7.80. The maximum absolute atomic E-state index is 8.68. The summed E-state index contributed by atoms with van der Waals surface area (Å²) in [5, 5.41) is 8.68. The summed E-state index contributed by atoms with van der Waals surface area (Å²) in [5.41, 5.74) is 5.46. The number of aliphatic hydroxyl groups is 1. The van der Waals surface area contributed by atoms with E-state index in [2.05, 4.69) is 18.7 Å². The highest BCUT2D eigenvalue weighted by Crippen LogP contribution is 2.02. The van der Waals surface area contributed by atoms with Crippen LogP contribution in [0.3, 0.4) is 0 Å². The van der Waals surface area contributed by atoms with Crippen molar-refractivity contribution in [2.24, 2.45) is 5.73 Å². The smallest absolute Gasteiger partial charge is 0.0740 e. The molecule has 0 aliphatic carbocycles. The molecule has 0 aromatic carbocycles. The second kappa shape index (κ2) is 8.15. The molecule has 3 nitrogen and oxygen atoms in total. The average Bonchev–Trinajstić information content (AvgIpc) is 2.10. The Morgan fingerprint density at radius 2 is 2.00 bits per heavy atom. The van der Waals surface area contributed by atoms with Gasteiger partial charge >= 0.3 is 0 Å². The number of nitrogens with two attached hydrogens (primary N) is 1. The topological polar surface area (TPSA) is 49.5 Å². The number of hydrogen-bond donors (Lipinski definition) is 2. The fourth-order valence-electron chi connectivity index (χ4n) is 1.31. The zero-order valence-corrected chi connectivity index (χ0v) is 10.0. The summed E-state index contributed by atoms with van der Waals surface area (Å²) in [6.45, 7) is 6.55. The van der Waals surface area contributed by atoms with E-state index in [1.807, 2.05) is 0 Å². The zero-order valence-electron chi connectivity index (χ0n) is 9.20. The molecule has 0 spiro atoms. The summed E-state index contributed by atoms with van der Waals surface area (Å²) in [7, 11) is 0. The van der Waals surface area contributed by atoms with Crippen molar-refractivity contribution in [2.45, 2.75) is 39.2 Å². The molecular formula is C10H22N2OS. The summed E-state index contributed by atoms with van der Waals surface area (Å²) in [6, 6.07) is 0.517. The third-order valence-electron chi connectivity index (χ3n) is 2.23. The maximum Gasteiger partial charge on any atom is 0.0740 e. The number of nitrogens with zero attached hydrogens (tertiary/aromatic N) is 1. The Hall–Kier alpha value is -0.190.